The van der Waals surface area contributed by atoms with Gasteiger partial charge in [-0.2, -0.15) is 0 Å². The Morgan fingerprint density at radius 3 is 2.77 bits per heavy atom. The van der Waals surface area contributed by atoms with Gasteiger partial charge in [0.15, 0.2) is 0 Å². The van der Waals surface area contributed by atoms with Crippen LogP contribution in [0.1, 0.15) is 52.4 Å². The van der Waals surface area contributed by atoms with Crippen molar-refractivity contribution >= 4 is 5.97 Å². The molecule has 0 spiro atoms. The fourth-order valence-electron chi connectivity index (χ4n) is 2.67. The van der Waals surface area contributed by atoms with Gasteiger partial charge in [0.05, 0.1) is 5.41 Å². The molecule has 0 aliphatic heterocycles. The van der Waals surface area contributed by atoms with Crippen molar-refractivity contribution in [1.82, 2.24) is 0 Å². The summed E-state index contributed by atoms with van der Waals surface area (Å²) in [5.74, 6) is 0.0253. The van der Waals surface area contributed by atoms with Crippen LogP contribution in [0.3, 0.4) is 0 Å². The minimum Gasteiger partial charge on any atom is -0.481 e. The van der Waals surface area contributed by atoms with Crippen molar-refractivity contribution in [2.75, 3.05) is 0 Å². The van der Waals surface area contributed by atoms with E-state index in [1.54, 1.807) is 0 Å². The molecule has 0 aromatic carbocycles. The maximum Gasteiger partial charge on any atom is 0.309 e. The topological polar surface area (TPSA) is 37.3 Å². The van der Waals surface area contributed by atoms with Gasteiger partial charge < -0.3 is 5.11 Å². The molecule has 2 atom stereocenters. The Kier molecular flexibility index (Phi) is 3.34. The lowest BCUT2D eigenvalue weighted by molar-refractivity contribution is -0.152. The Balaban J connectivity index is 2.70. The Morgan fingerprint density at radius 2 is 2.31 bits per heavy atom. The molecular weight excluding hydrogens is 164 g/mol. The average Bonchev–Trinajstić information content (AvgIpc) is 2.04. The minimum absolute atomic E-state index is 0.383. The second-order valence-electron chi connectivity index (χ2n) is 4.54. The van der Waals surface area contributed by atoms with Crippen molar-refractivity contribution in [2.45, 2.75) is 52.4 Å². The molecule has 1 fully saturated rings. The van der Waals surface area contributed by atoms with Crippen LogP contribution in [-0.2, 0) is 4.79 Å². The minimum atomic E-state index is -0.569. The summed E-state index contributed by atoms with van der Waals surface area (Å²) in [5.41, 5.74) is -0.383. The predicted octanol–water partition coefficient (Wildman–Crippen LogP) is 3.07. The van der Waals surface area contributed by atoms with Crippen LogP contribution >= 0.6 is 0 Å². The number of carboxylic acid groups (broad SMARTS) is 1. The Morgan fingerprint density at radius 1 is 1.62 bits per heavy atom. The van der Waals surface area contributed by atoms with Gasteiger partial charge in [0.1, 0.15) is 0 Å². The van der Waals surface area contributed by atoms with Crippen LogP contribution in [0.5, 0.6) is 0 Å². The highest BCUT2D eigenvalue weighted by Crippen LogP contribution is 2.42. The van der Waals surface area contributed by atoms with Gasteiger partial charge in [0.2, 0.25) is 0 Å². The fraction of sp³-hybridized carbons (Fsp3) is 0.909. The molecule has 1 saturated carbocycles. The molecule has 1 N–H and O–H groups in total. The molecule has 0 heterocycles. The van der Waals surface area contributed by atoms with Crippen molar-refractivity contribution < 1.29 is 9.90 Å². The van der Waals surface area contributed by atoms with Crippen LogP contribution in [0.15, 0.2) is 0 Å². The van der Waals surface area contributed by atoms with Crippen LogP contribution < -0.4 is 0 Å². The van der Waals surface area contributed by atoms with Crippen molar-refractivity contribution in [2.24, 2.45) is 11.3 Å². The van der Waals surface area contributed by atoms with E-state index in [9.17, 15) is 9.90 Å². The molecule has 0 saturated heterocycles. The van der Waals surface area contributed by atoms with Gasteiger partial charge in [0.25, 0.3) is 0 Å². The van der Waals surface area contributed by atoms with Gasteiger partial charge in [-0.25, -0.2) is 0 Å². The summed E-state index contributed by atoms with van der Waals surface area (Å²) in [6.07, 6.45) is 5.91. The Labute approximate surface area is 80.3 Å². The van der Waals surface area contributed by atoms with Gasteiger partial charge in [-0.1, -0.05) is 33.1 Å². The van der Waals surface area contributed by atoms with Crippen LogP contribution in [-0.4, -0.2) is 11.1 Å². The van der Waals surface area contributed by atoms with E-state index in [0.717, 1.165) is 32.1 Å². The van der Waals surface area contributed by atoms with Crippen molar-refractivity contribution in [1.29, 1.82) is 0 Å². The molecule has 0 radical (unpaired) electrons. The molecule has 2 unspecified atom stereocenters. The van der Waals surface area contributed by atoms with E-state index < -0.39 is 5.97 Å². The van der Waals surface area contributed by atoms with Crippen LogP contribution in [0.4, 0.5) is 0 Å². The third-order valence-electron chi connectivity index (χ3n) is 3.27. The first-order valence-corrected chi connectivity index (χ1v) is 5.34. The van der Waals surface area contributed by atoms with Crippen molar-refractivity contribution in [3.05, 3.63) is 0 Å². The molecule has 0 aromatic heterocycles. The van der Waals surface area contributed by atoms with E-state index in [1.165, 1.54) is 6.42 Å². The predicted molar refractivity (Wildman–Crippen MR) is 52.6 cm³/mol. The molecular formula is C11H20O2. The molecule has 13 heavy (non-hydrogen) atoms. The lowest BCUT2D eigenvalue weighted by Gasteiger charge is -2.36. The maximum atomic E-state index is 11.2. The first kappa shape index (κ1) is 10.6. The molecule has 1 aliphatic rings. The normalized spacial score (nSPS) is 34.5. The number of aliphatic carboxylic acids is 1. The highest BCUT2D eigenvalue weighted by molar-refractivity contribution is 5.74. The number of hydrogen-bond acceptors (Lipinski definition) is 1. The van der Waals surface area contributed by atoms with Crippen molar-refractivity contribution in [3.8, 4) is 0 Å². The van der Waals surface area contributed by atoms with Crippen molar-refractivity contribution in [3.63, 3.8) is 0 Å². The number of rotatable bonds is 3. The molecule has 0 aromatic rings. The van der Waals surface area contributed by atoms with Gasteiger partial charge in [-0.05, 0) is 25.2 Å². The van der Waals surface area contributed by atoms with E-state index >= 15 is 0 Å². The van der Waals surface area contributed by atoms with E-state index in [-0.39, 0.29) is 5.41 Å². The van der Waals surface area contributed by atoms with Gasteiger partial charge in [0, 0.05) is 0 Å². The number of hydrogen-bond donors (Lipinski definition) is 1. The third-order valence-corrected chi connectivity index (χ3v) is 3.27. The van der Waals surface area contributed by atoms with E-state index in [4.69, 9.17) is 0 Å². The largest absolute Gasteiger partial charge is 0.481 e. The summed E-state index contributed by atoms with van der Waals surface area (Å²) in [6.45, 7) is 4.25. The van der Waals surface area contributed by atoms with Gasteiger partial charge >= 0.3 is 5.97 Å². The summed E-state index contributed by atoms with van der Waals surface area (Å²) < 4.78 is 0. The smallest absolute Gasteiger partial charge is 0.309 e. The van der Waals surface area contributed by atoms with Crippen LogP contribution in [0, 0.1) is 11.3 Å². The van der Waals surface area contributed by atoms with Crippen LogP contribution in [0.25, 0.3) is 0 Å². The van der Waals surface area contributed by atoms with Gasteiger partial charge in [-0.15, -0.1) is 0 Å². The van der Waals surface area contributed by atoms with E-state index in [2.05, 4.69) is 13.8 Å². The first-order valence-electron chi connectivity index (χ1n) is 5.34. The second-order valence-corrected chi connectivity index (χ2v) is 4.54. The summed E-state index contributed by atoms with van der Waals surface area (Å²) in [6, 6.07) is 0. The quantitative estimate of drug-likeness (QED) is 0.732. The summed E-state index contributed by atoms with van der Waals surface area (Å²) in [5, 5.41) is 9.24. The number of carboxylic acids is 1. The third kappa shape index (κ3) is 2.23. The zero-order valence-electron chi connectivity index (χ0n) is 8.68. The summed E-state index contributed by atoms with van der Waals surface area (Å²) in [7, 11) is 0. The maximum absolute atomic E-state index is 11.2. The second kappa shape index (κ2) is 4.12. The standard InChI is InChI=1S/C11H20O2/c1-3-6-11(10(12)13)7-4-5-9(2)8-11/h9H,3-8H2,1-2H3,(H,12,13). The lowest BCUT2D eigenvalue weighted by atomic mass is 9.68. The molecule has 76 valence electrons. The molecule has 1 rings (SSSR count). The first-order chi connectivity index (χ1) is 6.10. The molecule has 0 amide bonds. The Hall–Kier alpha value is -0.530. The SMILES string of the molecule is CCCC1(C(=O)O)CCCC(C)C1. The zero-order valence-corrected chi connectivity index (χ0v) is 8.68. The highest BCUT2D eigenvalue weighted by Gasteiger charge is 2.40. The van der Waals surface area contributed by atoms with Gasteiger partial charge in [-0.3, -0.25) is 4.79 Å². The van der Waals surface area contributed by atoms with E-state index in [1.807, 2.05) is 0 Å². The molecule has 0 bridgehead atoms. The Bertz CT molecular complexity index is 185. The summed E-state index contributed by atoms with van der Waals surface area (Å²) >= 11 is 0. The monoisotopic (exact) mass is 184 g/mol. The molecule has 2 heteroatoms. The fourth-order valence-corrected chi connectivity index (χ4v) is 2.67. The van der Waals surface area contributed by atoms with Crippen LogP contribution in [0.2, 0.25) is 0 Å². The highest BCUT2D eigenvalue weighted by atomic mass is 16.4. The zero-order chi connectivity index (χ0) is 9.90. The summed E-state index contributed by atoms with van der Waals surface area (Å²) in [4.78, 5) is 11.2. The average molecular weight is 184 g/mol. The molecule has 2 nitrogen and oxygen atoms in total. The molecule has 1 aliphatic carbocycles. The number of carbonyl (C=O) groups is 1. The lowest BCUT2D eigenvalue weighted by Crippen LogP contribution is -2.35. The van der Waals surface area contributed by atoms with E-state index in [0.29, 0.717) is 5.92 Å².